The summed E-state index contributed by atoms with van der Waals surface area (Å²) < 4.78 is 7.91. The van der Waals surface area contributed by atoms with Gasteiger partial charge in [-0.3, -0.25) is 4.68 Å². The highest BCUT2D eigenvalue weighted by atomic mass is 16.5. The molecule has 1 heterocycles. The van der Waals surface area contributed by atoms with Crippen molar-refractivity contribution in [1.82, 2.24) is 9.78 Å². The first-order chi connectivity index (χ1) is 9.63. The Morgan fingerprint density at radius 1 is 1.35 bits per heavy atom. The van der Waals surface area contributed by atoms with E-state index in [4.69, 9.17) is 10.5 Å². The van der Waals surface area contributed by atoms with E-state index in [-0.39, 0.29) is 12.1 Å². The van der Waals surface area contributed by atoms with E-state index in [2.05, 4.69) is 31.1 Å². The van der Waals surface area contributed by atoms with Gasteiger partial charge in [0, 0.05) is 24.8 Å². The van der Waals surface area contributed by atoms with Crippen LogP contribution in [-0.4, -0.2) is 15.8 Å². The first-order valence-electron chi connectivity index (χ1n) is 7.13. The van der Waals surface area contributed by atoms with Crippen molar-refractivity contribution in [3.05, 3.63) is 47.8 Å². The van der Waals surface area contributed by atoms with Crippen LogP contribution in [0.15, 0.2) is 36.7 Å². The molecule has 0 bridgehead atoms. The number of ether oxygens (including phenoxy) is 1. The number of rotatable bonds is 6. The minimum absolute atomic E-state index is 0.0514. The fraction of sp³-hybridized carbons (Fsp3) is 0.438. The molecule has 0 saturated carbocycles. The maximum absolute atomic E-state index is 6.21. The Labute approximate surface area is 120 Å². The van der Waals surface area contributed by atoms with Crippen LogP contribution in [0, 0.1) is 0 Å². The normalized spacial score (nSPS) is 14.0. The molecule has 2 rings (SSSR count). The number of nitrogens with zero attached hydrogens (tertiary/aromatic N) is 2. The summed E-state index contributed by atoms with van der Waals surface area (Å²) in [5.41, 5.74) is 8.49. The molecule has 0 aliphatic carbocycles. The lowest BCUT2D eigenvalue weighted by atomic mass is 10.0. The Hall–Kier alpha value is -1.81. The van der Waals surface area contributed by atoms with Crippen molar-refractivity contribution in [2.75, 3.05) is 0 Å². The maximum atomic E-state index is 6.21. The standard InChI is InChI=1S/C16H23N3O/c1-4-12-7-6-8-14(9-12)20-16(15(17)5-2)13-10-18-19(3)11-13/h6-11,15-16H,4-5,17H2,1-3H3. The average molecular weight is 273 g/mol. The van der Waals surface area contributed by atoms with Crippen molar-refractivity contribution in [3.63, 3.8) is 0 Å². The van der Waals surface area contributed by atoms with Crippen molar-refractivity contribution >= 4 is 0 Å². The molecule has 108 valence electrons. The summed E-state index contributed by atoms with van der Waals surface area (Å²) in [5, 5.41) is 4.21. The molecule has 2 N–H and O–H groups in total. The van der Waals surface area contributed by atoms with Crippen molar-refractivity contribution in [3.8, 4) is 5.75 Å². The van der Waals surface area contributed by atoms with Crippen LogP contribution >= 0.6 is 0 Å². The predicted molar refractivity (Wildman–Crippen MR) is 80.7 cm³/mol. The molecule has 0 saturated heterocycles. The van der Waals surface area contributed by atoms with Crippen LogP contribution in [0.25, 0.3) is 0 Å². The number of aromatic nitrogens is 2. The minimum atomic E-state index is -0.166. The van der Waals surface area contributed by atoms with Crippen molar-refractivity contribution in [2.45, 2.75) is 38.8 Å². The molecule has 2 atom stereocenters. The third-order valence-corrected chi connectivity index (χ3v) is 3.48. The van der Waals surface area contributed by atoms with Crippen LogP contribution in [0.1, 0.15) is 37.5 Å². The predicted octanol–water partition coefficient (Wildman–Crippen LogP) is 2.84. The Morgan fingerprint density at radius 3 is 2.75 bits per heavy atom. The Balaban J connectivity index is 2.23. The monoisotopic (exact) mass is 273 g/mol. The SMILES string of the molecule is CCc1cccc(OC(c2cnn(C)c2)C(N)CC)c1. The van der Waals surface area contributed by atoms with Gasteiger partial charge in [-0.25, -0.2) is 0 Å². The first kappa shape index (κ1) is 14.6. The maximum Gasteiger partial charge on any atom is 0.142 e. The van der Waals surface area contributed by atoms with Gasteiger partial charge in [0.15, 0.2) is 0 Å². The van der Waals surface area contributed by atoms with E-state index in [1.165, 1.54) is 5.56 Å². The van der Waals surface area contributed by atoms with Crippen molar-refractivity contribution in [2.24, 2.45) is 12.8 Å². The largest absolute Gasteiger partial charge is 0.484 e. The van der Waals surface area contributed by atoms with Gasteiger partial charge >= 0.3 is 0 Å². The number of benzene rings is 1. The average Bonchev–Trinajstić information content (AvgIpc) is 2.90. The second-order valence-corrected chi connectivity index (χ2v) is 5.06. The fourth-order valence-electron chi connectivity index (χ4n) is 2.19. The lowest BCUT2D eigenvalue weighted by Gasteiger charge is -2.23. The molecular formula is C16H23N3O. The van der Waals surface area contributed by atoms with Crippen LogP contribution in [-0.2, 0) is 13.5 Å². The summed E-state index contributed by atoms with van der Waals surface area (Å²) in [6.45, 7) is 4.20. The molecule has 4 heteroatoms. The van der Waals surface area contributed by atoms with Gasteiger partial charge < -0.3 is 10.5 Å². The number of nitrogens with two attached hydrogens (primary N) is 1. The molecule has 2 aromatic rings. The number of hydrogen-bond donors (Lipinski definition) is 1. The van der Waals surface area contributed by atoms with Crippen molar-refractivity contribution < 1.29 is 4.74 Å². The summed E-state index contributed by atoms with van der Waals surface area (Å²) in [7, 11) is 1.90. The second-order valence-electron chi connectivity index (χ2n) is 5.06. The van der Waals surface area contributed by atoms with Gasteiger partial charge in [0.25, 0.3) is 0 Å². The van der Waals surface area contributed by atoms with Gasteiger partial charge in [0.2, 0.25) is 0 Å². The first-order valence-corrected chi connectivity index (χ1v) is 7.13. The molecule has 1 aromatic heterocycles. The van der Waals surface area contributed by atoms with E-state index < -0.39 is 0 Å². The smallest absolute Gasteiger partial charge is 0.142 e. The van der Waals surface area contributed by atoms with E-state index in [1.54, 1.807) is 4.68 Å². The zero-order valence-electron chi connectivity index (χ0n) is 12.4. The van der Waals surface area contributed by atoms with Gasteiger partial charge in [-0.15, -0.1) is 0 Å². The highest BCUT2D eigenvalue weighted by Gasteiger charge is 2.22. The molecular weight excluding hydrogens is 250 g/mol. The van der Waals surface area contributed by atoms with Crippen LogP contribution in [0.3, 0.4) is 0 Å². The van der Waals surface area contributed by atoms with Crippen LogP contribution in [0.2, 0.25) is 0 Å². The molecule has 2 unspecified atom stereocenters. The zero-order valence-corrected chi connectivity index (χ0v) is 12.4. The van der Waals surface area contributed by atoms with Gasteiger partial charge in [0.1, 0.15) is 11.9 Å². The van der Waals surface area contributed by atoms with Gasteiger partial charge in [-0.1, -0.05) is 26.0 Å². The van der Waals surface area contributed by atoms with E-state index in [0.717, 1.165) is 24.2 Å². The molecule has 4 nitrogen and oxygen atoms in total. The lowest BCUT2D eigenvalue weighted by Crippen LogP contribution is -2.31. The minimum Gasteiger partial charge on any atom is -0.484 e. The topological polar surface area (TPSA) is 53.1 Å². The molecule has 20 heavy (non-hydrogen) atoms. The second kappa shape index (κ2) is 6.57. The molecule has 0 aliphatic rings. The van der Waals surface area contributed by atoms with Gasteiger partial charge in [0.05, 0.1) is 6.20 Å². The Bertz CT molecular complexity index is 550. The molecule has 1 aromatic carbocycles. The summed E-state index contributed by atoms with van der Waals surface area (Å²) in [5.74, 6) is 0.863. The summed E-state index contributed by atoms with van der Waals surface area (Å²) >= 11 is 0. The van der Waals surface area contributed by atoms with Crippen LogP contribution in [0.4, 0.5) is 0 Å². The Kier molecular flexibility index (Phi) is 4.79. The fourth-order valence-corrected chi connectivity index (χ4v) is 2.19. The summed E-state index contributed by atoms with van der Waals surface area (Å²) in [4.78, 5) is 0. The molecule has 0 amide bonds. The number of hydrogen-bond acceptors (Lipinski definition) is 3. The molecule has 0 fully saturated rings. The molecule has 0 aliphatic heterocycles. The van der Waals surface area contributed by atoms with E-state index in [9.17, 15) is 0 Å². The van der Waals surface area contributed by atoms with Crippen LogP contribution < -0.4 is 10.5 Å². The number of aryl methyl sites for hydroxylation is 2. The van der Waals surface area contributed by atoms with Crippen LogP contribution in [0.5, 0.6) is 5.75 Å². The Morgan fingerprint density at radius 2 is 2.15 bits per heavy atom. The summed E-state index contributed by atoms with van der Waals surface area (Å²) in [6.07, 6.45) is 5.47. The van der Waals surface area contributed by atoms with Crippen molar-refractivity contribution in [1.29, 1.82) is 0 Å². The van der Waals surface area contributed by atoms with E-state index >= 15 is 0 Å². The van der Waals surface area contributed by atoms with E-state index in [1.807, 2.05) is 31.6 Å². The zero-order chi connectivity index (χ0) is 14.5. The van der Waals surface area contributed by atoms with Gasteiger partial charge in [-0.05, 0) is 30.5 Å². The summed E-state index contributed by atoms with van der Waals surface area (Å²) in [6, 6.07) is 8.12. The third-order valence-electron chi connectivity index (χ3n) is 3.48. The highest BCUT2D eigenvalue weighted by molar-refractivity contribution is 5.29. The molecule has 0 spiro atoms. The van der Waals surface area contributed by atoms with E-state index in [0.29, 0.717) is 0 Å². The third kappa shape index (κ3) is 3.39. The lowest BCUT2D eigenvalue weighted by molar-refractivity contribution is 0.171. The van der Waals surface area contributed by atoms with Gasteiger partial charge in [-0.2, -0.15) is 5.10 Å². The quantitative estimate of drug-likeness (QED) is 0.880. The highest BCUT2D eigenvalue weighted by Crippen LogP contribution is 2.26. The molecule has 0 radical (unpaired) electrons.